The lowest BCUT2D eigenvalue weighted by Crippen LogP contribution is -2.40. The van der Waals surface area contributed by atoms with Crippen molar-refractivity contribution in [1.82, 2.24) is 9.62 Å². The van der Waals surface area contributed by atoms with E-state index in [4.69, 9.17) is 0 Å². The Morgan fingerprint density at radius 1 is 1.14 bits per heavy atom. The van der Waals surface area contributed by atoms with Crippen molar-refractivity contribution < 1.29 is 8.42 Å². The third-order valence-corrected chi connectivity index (χ3v) is 7.62. The Labute approximate surface area is 129 Å². The van der Waals surface area contributed by atoms with Crippen LogP contribution in [0.2, 0.25) is 0 Å². The summed E-state index contributed by atoms with van der Waals surface area (Å²) in [5, 5.41) is 3.74. The maximum atomic E-state index is 11.5. The topological polar surface area (TPSA) is 49.4 Å². The molecule has 21 heavy (non-hydrogen) atoms. The highest BCUT2D eigenvalue weighted by molar-refractivity contribution is 7.88. The Morgan fingerprint density at radius 2 is 1.90 bits per heavy atom. The second kappa shape index (κ2) is 6.17. The van der Waals surface area contributed by atoms with E-state index in [1.807, 2.05) is 6.92 Å². The van der Waals surface area contributed by atoms with E-state index in [-0.39, 0.29) is 0 Å². The van der Waals surface area contributed by atoms with Crippen molar-refractivity contribution >= 4 is 10.0 Å². The Balaban J connectivity index is 1.41. The molecule has 1 N–H and O–H groups in total. The summed E-state index contributed by atoms with van der Waals surface area (Å²) in [4.78, 5) is 0. The smallest absolute Gasteiger partial charge is 0.211 e. The molecule has 3 rings (SSSR count). The maximum absolute atomic E-state index is 11.5. The van der Waals surface area contributed by atoms with Gasteiger partial charge in [-0.05, 0) is 62.3 Å². The molecule has 5 atom stereocenters. The molecule has 0 aliphatic heterocycles. The third-order valence-electron chi connectivity index (χ3n) is 6.24. The standard InChI is InChI=1S/C16H30N2O2S/c1-3-18(21(2,19)20)9-5-8-17-16-11-12-10-15(16)14-7-4-6-13(12)14/h12-17H,3-11H2,1-2H3/t12-,13+,14+,15+,16-/m1/s1. The van der Waals surface area contributed by atoms with E-state index >= 15 is 0 Å². The van der Waals surface area contributed by atoms with Crippen LogP contribution in [0.4, 0.5) is 0 Å². The molecule has 4 nitrogen and oxygen atoms in total. The molecule has 0 radical (unpaired) electrons. The van der Waals surface area contributed by atoms with Gasteiger partial charge in [0.15, 0.2) is 0 Å². The zero-order valence-corrected chi connectivity index (χ0v) is 14.2. The zero-order valence-electron chi connectivity index (χ0n) is 13.4. The second-order valence-electron chi connectivity index (χ2n) is 7.32. The Morgan fingerprint density at radius 3 is 2.62 bits per heavy atom. The number of hydrogen-bond donors (Lipinski definition) is 1. The number of rotatable bonds is 7. The van der Waals surface area contributed by atoms with Gasteiger partial charge in [0.05, 0.1) is 6.26 Å². The van der Waals surface area contributed by atoms with Crippen molar-refractivity contribution in [3.63, 3.8) is 0 Å². The van der Waals surface area contributed by atoms with Crippen LogP contribution in [-0.4, -0.2) is 44.7 Å². The number of fused-ring (bicyclic) bond motifs is 5. The molecule has 0 spiro atoms. The van der Waals surface area contributed by atoms with Gasteiger partial charge in [-0.2, -0.15) is 0 Å². The van der Waals surface area contributed by atoms with Crippen LogP contribution in [0.3, 0.4) is 0 Å². The molecule has 0 aromatic carbocycles. The van der Waals surface area contributed by atoms with Crippen molar-refractivity contribution in [3.8, 4) is 0 Å². The lowest BCUT2D eigenvalue weighted by atomic mass is 9.79. The highest BCUT2D eigenvalue weighted by Crippen LogP contribution is 2.58. The molecule has 2 bridgehead atoms. The number of nitrogens with one attached hydrogen (secondary N) is 1. The second-order valence-corrected chi connectivity index (χ2v) is 9.31. The van der Waals surface area contributed by atoms with Gasteiger partial charge < -0.3 is 5.32 Å². The normalized spacial score (nSPS) is 38.3. The molecule has 3 aliphatic rings. The highest BCUT2D eigenvalue weighted by Gasteiger charge is 2.53. The molecule has 3 aliphatic carbocycles. The average Bonchev–Trinajstić information content (AvgIpc) is 3.09. The predicted molar refractivity (Wildman–Crippen MR) is 85.5 cm³/mol. The minimum Gasteiger partial charge on any atom is -0.314 e. The molecular weight excluding hydrogens is 284 g/mol. The fourth-order valence-corrected chi connectivity index (χ4v) is 6.33. The van der Waals surface area contributed by atoms with Crippen LogP contribution >= 0.6 is 0 Å². The van der Waals surface area contributed by atoms with Gasteiger partial charge in [-0.25, -0.2) is 12.7 Å². The summed E-state index contributed by atoms with van der Waals surface area (Å²) in [6, 6.07) is 0.711. The van der Waals surface area contributed by atoms with Crippen molar-refractivity contribution in [3.05, 3.63) is 0 Å². The van der Waals surface area contributed by atoms with Gasteiger partial charge in [-0.15, -0.1) is 0 Å². The lowest BCUT2D eigenvalue weighted by molar-refractivity contribution is 0.208. The van der Waals surface area contributed by atoms with Crippen LogP contribution in [-0.2, 0) is 10.0 Å². The van der Waals surface area contributed by atoms with Crippen LogP contribution in [0.25, 0.3) is 0 Å². The van der Waals surface area contributed by atoms with Crippen molar-refractivity contribution in [2.24, 2.45) is 23.7 Å². The van der Waals surface area contributed by atoms with E-state index in [1.54, 1.807) is 4.31 Å². The largest absolute Gasteiger partial charge is 0.314 e. The zero-order chi connectivity index (χ0) is 15.0. The van der Waals surface area contributed by atoms with Crippen molar-refractivity contribution in [2.45, 2.75) is 51.5 Å². The van der Waals surface area contributed by atoms with Crippen LogP contribution in [0.1, 0.15) is 45.4 Å². The van der Waals surface area contributed by atoms with E-state index in [2.05, 4.69) is 5.32 Å². The molecule has 3 fully saturated rings. The molecule has 3 saturated carbocycles. The molecule has 122 valence electrons. The van der Waals surface area contributed by atoms with Gasteiger partial charge in [0.1, 0.15) is 0 Å². The van der Waals surface area contributed by atoms with Crippen LogP contribution in [0.15, 0.2) is 0 Å². The first-order valence-corrected chi connectivity index (χ1v) is 10.5. The first kappa shape index (κ1) is 15.8. The Hall–Kier alpha value is -0.130. The Kier molecular flexibility index (Phi) is 4.63. The summed E-state index contributed by atoms with van der Waals surface area (Å²) in [6.45, 7) is 4.09. The molecule has 5 heteroatoms. The molecule has 0 heterocycles. The van der Waals surface area contributed by atoms with E-state index in [9.17, 15) is 8.42 Å². The summed E-state index contributed by atoms with van der Waals surface area (Å²) in [5.41, 5.74) is 0. The number of nitrogens with zero attached hydrogens (tertiary/aromatic N) is 1. The van der Waals surface area contributed by atoms with Gasteiger partial charge in [-0.1, -0.05) is 13.3 Å². The molecular formula is C16H30N2O2S. The third kappa shape index (κ3) is 3.15. The fourth-order valence-electron chi connectivity index (χ4n) is 5.40. The summed E-state index contributed by atoms with van der Waals surface area (Å²) in [7, 11) is -3.03. The first-order valence-electron chi connectivity index (χ1n) is 8.69. The molecule has 0 unspecified atom stereocenters. The SMILES string of the molecule is CCN(CCCN[C@@H]1C[C@H]2C[C@H]1[C@H]1CCC[C@@H]21)S(C)(=O)=O. The molecule has 0 aromatic heterocycles. The summed E-state index contributed by atoms with van der Waals surface area (Å²) in [5.74, 6) is 3.96. The average molecular weight is 314 g/mol. The lowest BCUT2D eigenvalue weighted by Gasteiger charge is -2.32. The van der Waals surface area contributed by atoms with Crippen molar-refractivity contribution in [2.75, 3.05) is 25.9 Å². The predicted octanol–water partition coefficient (Wildman–Crippen LogP) is 2.07. The maximum Gasteiger partial charge on any atom is 0.211 e. The molecule has 0 aromatic rings. The summed E-state index contributed by atoms with van der Waals surface area (Å²) in [6.07, 6.45) is 9.45. The summed E-state index contributed by atoms with van der Waals surface area (Å²) < 4.78 is 24.7. The van der Waals surface area contributed by atoms with Crippen LogP contribution < -0.4 is 5.32 Å². The van der Waals surface area contributed by atoms with Gasteiger partial charge in [0.25, 0.3) is 0 Å². The van der Waals surface area contributed by atoms with Crippen LogP contribution in [0.5, 0.6) is 0 Å². The van der Waals surface area contributed by atoms with Gasteiger partial charge in [0.2, 0.25) is 10.0 Å². The number of sulfonamides is 1. The van der Waals surface area contributed by atoms with E-state index in [0.717, 1.165) is 36.6 Å². The highest BCUT2D eigenvalue weighted by atomic mass is 32.2. The van der Waals surface area contributed by atoms with E-state index in [0.29, 0.717) is 19.1 Å². The van der Waals surface area contributed by atoms with E-state index < -0.39 is 10.0 Å². The van der Waals surface area contributed by atoms with E-state index in [1.165, 1.54) is 38.4 Å². The number of hydrogen-bond acceptors (Lipinski definition) is 3. The quantitative estimate of drug-likeness (QED) is 0.732. The molecule has 0 saturated heterocycles. The fraction of sp³-hybridized carbons (Fsp3) is 1.00. The minimum absolute atomic E-state index is 0.580. The first-order chi connectivity index (χ1) is 10.0. The van der Waals surface area contributed by atoms with Crippen LogP contribution in [0, 0.1) is 23.7 Å². The van der Waals surface area contributed by atoms with Crippen molar-refractivity contribution in [1.29, 1.82) is 0 Å². The Bertz CT molecular complexity index is 465. The van der Waals surface area contributed by atoms with Gasteiger partial charge >= 0.3 is 0 Å². The molecule has 0 amide bonds. The van der Waals surface area contributed by atoms with Gasteiger partial charge in [-0.3, -0.25) is 0 Å². The minimum atomic E-state index is -3.03. The van der Waals surface area contributed by atoms with Gasteiger partial charge in [0, 0.05) is 19.1 Å². The summed E-state index contributed by atoms with van der Waals surface area (Å²) >= 11 is 0. The monoisotopic (exact) mass is 314 g/mol.